The lowest BCUT2D eigenvalue weighted by atomic mass is 9.93. The molecule has 0 spiro atoms. The number of fused-ring (bicyclic) bond motifs is 1. The number of nitrogens with one attached hydrogen (secondary N) is 1. The first-order valence-corrected chi connectivity index (χ1v) is 7.39. The summed E-state index contributed by atoms with van der Waals surface area (Å²) in [5.41, 5.74) is 1.44. The number of halogens is 1. The fraction of sp³-hybridized carbons (Fsp3) is 0.385. The maximum atomic E-state index is 3.62. The van der Waals surface area contributed by atoms with Crippen molar-refractivity contribution in [2.45, 2.75) is 31.8 Å². The number of rotatable bonds is 3. The SMILES string of the molecule is Brc1ccc2c(CNC3CCC3)csc2c1. The lowest BCUT2D eigenvalue weighted by Gasteiger charge is -2.26. The van der Waals surface area contributed by atoms with E-state index in [1.807, 2.05) is 11.3 Å². The lowest BCUT2D eigenvalue weighted by Crippen LogP contribution is -2.34. The van der Waals surface area contributed by atoms with Gasteiger partial charge in [0.15, 0.2) is 0 Å². The molecule has 84 valence electrons. The Kier molecular flexibility index (Phi) is 3.01. The first kappa shape index (κ1) is 10.8. The quantitative estimate of drug-likeness (QED) is 0.890. The second kappa shape index (κ2) is 4.47. The van der Waals surface area contributed by atoms with Gasteiger partial charge >= 0.3 is 0 Å². The van der Waals surface area contributed by atoms with Crippen molar-refractivity contribution in [3.8, 4) is 0 Å². The van der Waals surface area contributed by atoms with Crippen molar-refractivity contribution >= 4 is 37.4 Å². The minimum absolute atomic E-state index is 0.769. The van der Waals surface area contributed by atoms with Crippen molar-refractivity contribution in [1.29, 1.82) is 0 Å². The molecule has 0 aliphatic heterocycles. The van der Waals surface area contributed by atoms with Crippen molar-refractivity contribution in [3.63, 3.8) is 0 Å². The fourth-order valence-corrected chi connectivity index (χ4v) is 3.57. The molecule has 0 amide bonds. The Labute approximate surface area is 108 Å². The number of hydrogen-bond donors (Lipinski definition) is 1. The van der Waals surface area contributed by atoms with Crippen LogP contribution >= 0.6 is 27.3 Å². The molecule has 0 bridgehead atoms. The third-order valence-corrected chi connectivity index (χ3v) is 4.79. The van der Waals surface area contributed by atoms with Crippen molar-refractivity contribution in [2.24, 2.45) is 0 Å². The Bertz CT molecular complexity index is 502. The van der Waals surface area contributed by atoms with Crippen LogP contribution in [-0.4, -0.2) is 6.04 Å². The zero-order valence-electron chi connectivity index (χ0n) is 9.00. The van der Waals surface area contributed by atoms with Crippen molar-refractivity contribution in [1.82, 2.24) is 5.32 Å². The molecule has 1 aromatic heterocycles. The second-order valence-electron chi connectivity index (χ2n) is 4.41. The van der Waals surface area contributed by atoms with Crippen LogP contribution in [0.25, 0.3) is 10.1 Å². The molecule has 0 atom stereocenters. The summed E-state index contributed by atoms with van der Waals surface area (Å²) in [7, 11) is 0. The molecule has 1 saturated carbocycles. The Morgan fingerprint density at radius 1 is 1.38 bits per heavy atom. The van der Waals surface area contributed by atoms with Crippen molar-refractivity contribution < 1.29 is 0 Å². The van der Waals surface area contributed by atoms with E-state index < -0.39 is 0 Å². The summed E-state index contributed by atoms with van der Waals surface area (Å²) < 4.78 is 2.54. The molecule has 2 aromatic rings. The van der Waals surface area contributed by atoms with Gasteiger partial charge in [0.1, 0.15) is 0 Å². The zero-order chi connectivity index (χ0) is 11.0. The number of hydrogen-bond acceptors (Lipinski definition) is 2. The monoisotopic (exact) mass is 295 g/mol. The lowest BCUT2D eigenvalue weighted by molar-refractivity contribution is 0.339. The van der Waals surface area contributed by atoms with E-state index in [2.05, 4.69) is 44.8 Å². The highest BCUT2D eigenvalue weighted by Crippen LogP contribution is 2.29. The van der Waals surface area contributed by atoms with Crippen LogP contribution in [0.3, 0.4) is 0 Å². The molecule has 1 aliphatic rings. The molecular formula is C13H14BrNS. The molecule has 1 heterocycles. The second-order valence-corrected chi connectivity index (χ2v) is 6.24. The summed E-state index contributed by atoms with van der Waals surface area (Å²) in [5.74, 6) is 0. The van der Waals surface area contributed by atoms with Gasteiger partial charge in [-0.15, -0.1) is 11.3 Å². The van der Waals surface area contributed by atoms with E-state index in [0.29, 0.717) is 0 Å². The molecule has 1 fully saturated rings. The molecule has 1 N–H and O–H groups in total. The molecule has 1 aliphatic carbocycles. The Morgan fingerprint density at radius 3 is 3.00 bits per heavy atom. The molecule has 0 saturated heterocycles. The van der Waals surface area contributed by atoms with Crippen molar-refractivity contribution in [3.05, 3.63) is 33.6 Å². The van der Waals surface area contributed by atoms with E-state index in [1.54, 1.807) is 0 Å². The van der Waals surface area contributed by atoms with Crippen LogP contribution in [-0.2, 0) is 6.54 Å². The third kappa shape index (κ3) is 2.04. The van der Waals surface area contributed by atoms with Gasteiger partial charge in [-0.1, -0.05) is 28.4 Å². The predicted molar refractivity (Wildman–Crippen MR) is 74.0 cm³/mol. The van der Waals surface area contributed by atoms with Gasteiger partial charge in [0.25, 0.3) is 0 Å². The summed E-state index contributed by atoms with van der Waals surface area (Å²) in [6.07, 6.45) is 4.11. The van der Waals surface area contributed by atoms with Crippen LogP contribution in [0.15, 0.2) is 28.1 Å². The Hall–Kier alpha value is -0.380. The van der Waals surface area contributed by atoms with Gasteiger partial charge in [0.2, 0.25) is 0 Å². The summed E-state index contributed by atoms with van der Waals surface area (Å²) in [6.45, 7) is 1.02. The highest BCUT2D eigenvalue weighted by atomic mass is 79.9. The van der Waals surface area contributed by atoms with E-state index in [0.717, 1.165) is 12.6 Å². The van der Waals surface area contributed by atoms with Gasteiger partial charge in [-0.25, -0.2) is 0 Å². The standard InChI is InChI=1S/C13H14BrNS/c14-10-4-5-12-9(8-16-13(12)6-10)7-15-11-2-1-3-11/h4-6,8,11,15H,1-3,7H2. The maximum absolute atomic E-state index is 3.62. The van der Waals surface area contributed by atoms with E-state index in [1.165, 1.54) is 39.4 Å². The van der Waals surface area contributed by atoms with E-state index >= 15 is 0 Å². The van der Waals surface area contributed by atoms with Crippen LogP contribution < -0.4 is 5.32 Å². The normalized spacial score (nSPS) is 16.6. The molecular weight excluding hydrogens is 282 g/mol. The van der Waals surface area contributed by atoms with Gasteiger partial charge in [-0.3, -0.25) is 0 Å². The van der Waals surface area contributed by atoms with E-state index in [-0.39, 0.29) is 0 Å². The topological polar surface area (TPSA) is 12.0 Å². The zero-order valence-corrected chi connectivity index (χ0v) is 11.4. The van der Waals surface area contributed by atoms with Gasteiger partial charge < -0.3 is 5.32 Å². The van der Waals surface area contributed by atoms with Gasteiger partial charge in [-0.05, 0) is 41.3 Å². The fourth-order valence-electron chi connectivity index (χ4n) is 2.06. The first-order chi connectivity index (χ1) is 7.83. The third-order valence-electron chi connectivity index (χ3n) is 3.30. The molecule has 16 heavy (non-hydrogen) atoms. The summed E-state index contributed by atoms with van der Waals surface area (Å²) in [4.78, 5) is 0. The van der Waals surface area contributed by atoms with Crippen LogP contribution in [0.1, 0.15) is 24.8 Å². The van der Waals surface area contributed by atoms with Crippen LogP contribution in [0, 0.1) is 0 Å². The Balaban J connectivity index is 1.80. The number of benzene rings is 1. The van der Waals surface area contributed by atoms with Gasteiger partial charge in [0.05, 0.1) is 0 Å². The molecule has 1 nitrogen and oxygen atoms in total. The number of thiophene rings is 1. The van der Waals surface area contributed by atoms with Crippen molar-refractivity contribution in [2.75, 3.05) is 0 Å². The largest absolute Gasteiger partial charge is 0.310 e. The van der Waals surface area contributed by atoms with Gasteiger partial charge in [-0.2, -0.15) is 0 Å². The van der Waals surface area contributed by atoms with Gasteiger partial charge in [0, 0.05) is 21.8 Å². The van der Waals surface area contributed by atoms with Crippen LogP contribution in [0.2, 0.25) is 0 Å². The van der Waals surface area contributed by atoms with E-state index in [9.17, 15) is 0 Å². The van der Waals surface area contributed by atoms with E-state index in [4.69, 9.17) is 0 Å². The van der Waals surface area contributed by atoms with Crippen LogP contribution in [0.4, 0.5) is 0 Å². The molecule has 0 unspecified atom stereocenters. The smallest absolute Gasteiger partial charge is 0.0357 e. The first-order valence-electron chi connectivity index (χ1n) is 5.72. The highest BCUT2D eigenvalue weighted by Gasteiger charge is 2.16. The Morgan fingerprint density at radius 2 is 2.25 bits per heavy atom. The average Bonchev–Trinajstić information content (AvgIpc) is 2.58. The summed E-state index contributed by atoms with van der Waals surface area (Å²) >= 11 is 5.35. The summed E-state index contributed by atoms with van der Waals surface area (Å²) in [6, 6.07) is 7.31. The molecule has 1 aromatic carbocycles. The molecule has 3 rings (SSSR count). The molecule has 3 heteroatoms. The highest BCUT2D eigenvalue weighted by molar-refractivity contribution is 9.10. The average molecular weight is 296 g/mol. The minimum Gasteiger partial charge on any atom is -0.310 e. The maximum Gasteiger partial charge on any atom is 0.0357 e. The minimum atomic E-state index is 0.769. The summed E-state index contributed by atoms with van der Waals surface area (Å²) in [5, 5.41) is 7.31. The molecule has 0 radical (unpaired) electrons. The predicted octanol–water partition coefficient (Wildman–Crippen LogP) is 4.31. The van der Waals surface area contributed by atoms with Crippen LogP contribution in [0.5, 0.6) is 0 Å².